The van der Waals surface area contributed by atoms with E-state index in [0.717, 1.165) is 28.7 Å². The number of nitrogens with one attached hydrogen (secondary N) is 1. The summed E-state index contributed by atoms with van der Waals surface area (Å²) in [6, 6.07) is 12.8. The van der Waals surface area contributed by atoms with Crippen LogP contribution in [-0.2, 0) is 9.53 Å². The lowest BCUT2D eigenvalue weighted by molar-refractivity contribution is -0.117. The Hall–Kier alpha value is -3.15. The zero-order chi connectivity index (χ0) is 21.1. The minimum Gasteiger partial charge on any atom is -0.447 e. The van der Waals surface area contributed by atoms with Crippen LogP contribution in [0.3, 0.4) is 0 Å². The lowest BCUT2D eigenvalue weighted by Gasteiger charge is -2.39. The van der Waals surface area contributed by atoms with Crippen LogP contribution >= 0.6 is 0 Å². The fourth-order valence-corrected chi connectivity index (χ4v) is 3.80. The monoisotopic (exact) mass is 394 g/mol. The van der Waals surface area contributed by atoms with Crippen molar-refractivity contribution in [3.63, 3.8) is 0 Å². The maximum atomic E-state index is 12.3. The van der Waals surface area contributed by atoms with E-state index in [2.05, 4.69) is 5.32 Å². The largest absolute Gasteiger partial charge is 0.447 e. The van der Waals surface area contributed by atoms with Gasteiger partial charge in [-0.25, -0.2) is 4.79 Å². The smallest absolute Gasteiger partial charge is 0.407 e. The summed E-state index contributed by atoms with van der Waals surface area (Å²) in [5, 5.41) is 2.95. The molecule has 0 fully saturated rings. The number of anilines is 1. The molecule has 29 heavy (non-hydrogen) atoms. The molecule has 1 unspecified atom stereocenters. The Morgan fingerprint density at radius 3 is 2.38 bits per heavy atom. The average molecular weight is 394 g/mol. The number of hydrogen-bond donors (Lipinski definition) is 1. The Morgan fingerprint density at radius 2 is 1.79 bits per heavy atom. The second kappa shape index (κ2) is 8.47. The molecule has 2 aromatic rings. The van der Waals surface area contributed by atoms with Gasteiger partial charge in [0.2, 0.25) is 5.91 Å². The Labute approximate surface area is 170 Å². The predicted molar refractivity (Wildman–Crippen MR) is 112 cm³/mol. The first-order valence-corrected chi connectivity index (χ1v) is 9.76. The molecule has 0 spiro atoms. The highest BCUT2D eigenvalue weighted by Gasteiger charge is 2.33. The zero-order valence-corrected chi connectivity index (χ0v) is 17.1. The summed E-state index contributed by atoms with van der Waals surface area (Å²) in [7, 11) is 0. The van der Waals surface area contributed by atoms with Crippen LogP contribution in [0, 0.1) is 0 Å². The van der Waals surface area contributed by atoms with Gasteiger partial charge < -0.3 is 15.0 Å². The van der Waals surface area contributed by atoms with E-state index < -0.39 is 6.09 Å². The van der Waals surface area contributed by atoms with Crippen LogP contribution in [0.4, 0.5) is 10.5 Å². The molecule has 6 heteroatoms. The molecule has 0 saturated carbocycles. The van der Waals surface area contributed by atoms with Crippen molar-refractivity contribution in [2.24, 2.45) is 0 Å². The first-order valence-electron chi connectivity index (χ1n) is 9.76. The summed E-state index contributed by atoms with van der Waals surface area (Å²) in [4.78, 5) is 37.2. The number of fused-ring (bicyclic) bond motifs is 1. The Morgan fingerprint density at radius 1 is 1.14 bits per heavy atom. The molecule has 0 radical (unpaired) electrons. The van der Waals surface area contributed by atoms with E-state index in [1.54, 1.807) is 37.8 Å². The average Bonchev–Trinajstić information content (AvgIpc) is 2.67. The van der Waals surface area contributed by atoms with Crippen molar-refractivity contribution in [3.8, 4) is 11.1 Å². The molecule has 6 nitrogen and oxygen atoms in total. The quantitative estimate of drug-likeness (QED) is 0.776. The summed E-state index contributed by atoms with van der Waals surface area (Å²) in [5.41, 5.74) is 4.17. The van der Waals surface area contributed by atoms with Crippen LogP contribution in [0.5, 0.6) is 0 Å². The van der Waals surface area contributed by atoms with Crippen molar-refractivity contribution in [1.82, 2.24) is 5.32 Å². The molecular formula is C23H26N2O4. The van der Waals surface area contributed by atoms with E-state index >= 15 is 0 Å². The molecule has 0 aromatic heterocycles. The summed E-state index contributed by atoms with van der Waals surface area (Å²) in [6.45, 7) is 7.12. The van der Waals surface area contributed by atoms with Gasteiger partial charge in [-0.3, -0.25) is 9.59 Å². The maximum Gasteiger partial charge on any atom is 0.407 e. The molecule has 1 aliphatic rings. The fourth-order valence-electron chi connectivity index (χ4n) is 3.80. The fraction of sp³-hybridized carbons (Fsp3) is 0.348. The highest BCUT2D eigenvalue weighted by molar-refractivity contribution is 5.94. The molecule has 3 rings (SSSR count). The number of nitrogens with zero attached hydrogens (tertiary/aromatic N) is 1. The number of rotatable bonds is 4. The van der Waals surface area contributed by atoms with Crippen LogP contribution in [0.25, 0.3) is 11.1 Å². The Bertz CT molecular complexity index is 921. The van der Waals surface area contributed by atoms with Gasteiger partial charge in [0.05, 0.1) is 12.1 Å². The van der Waals surface area contributed by atoms with Crippen LogP contribution < -0.4 is 10.2 Å². The molecular weight excluding hydrogens is 368 g/mol. The van der Waals surface area contributed by atoms with Gasteiger partial charge in [0.1, 0.15) is 6.29 Å². The number of carbonyl (C=O) groups excluding carboxylic acids is 3. The number of amides is 2. The minimum absolute atomic E-state index is 0.0370. The summed E-state index contributed by atoms with van der Waals surface area (Å²) in [6.07, 6.45) is 0.711. The van der Waals surface area contributed by atoms with E-state index in [-0.39, 0.29) is 24.1 Å². The molecule has 2 aromatic carbocycles. The van der Waals surface area contributed by atoms with E-state index in [1.807, 2.05) is 37.3 Å². The third kappa shape index (κ3) is 4.47. The number of hydrogen-bond acceptors (Lipinski definition) is 4. The second-order valence-corrected chi connectivity index (χ2v) is 7.64. The molecule has 1 N–H and O–H groups in total. The van der Waals surface area contributed by atoms with Crippen molar-refractivity contribution >= 4 is 24.0 Å². The summed E-state index contributed by atoms with van der Waals surface area (Å²) < 4.78 is 5.25. The van der Waals surface area contributed by atoms with Crippen molar-refractivity contribution in [2.75, 3.05) is 4.90 Å². The van der Waals surface area contributed by atoms with Crippen LogP contribution in [0.2, 0.25) is 0 Å². The standard InChI is InChI=1S/C23H26N2O4/c1-14(2)29-23(28)24-21-11-15(3)25(16(4)27)22-10-9-19(12-20(21)22)18-7-5-17(13-26)6-8-18/h5-10,12-15,21H,11H2,1-4H3,(H,24,28)/t15-,21?/m1/s1. The number of carbonyl (C=O) groups is 3. The summed E-state index contributed by atoms with van der Waals surface area (Å²) >= 11 is 0. The highest BCUT2D eigenvalue weighted by atomic mass is 16.6. The number of ether oxygens (including phenoxy) is 1. The van der Waals surface area contributed by atoms with Crippen molar-refractivity contribution in [3.05, 3.63) is 53.6 Å². The number of alkyl carbamates (subject to hydrolysis) is 1. The van der Waals surface area contributed by atoms with E-state index in [4.69, 9.17) is 4.74 Å². The zero-order valence-electron chi connectivity index (χ0n) is 17.1. The molecule has 2 amide bonds. The lowest BCUT2D eigenvalue weighted by Crippen LogP contribution is -2.45. The van der Waals surface area contributed by atoms with Gasteiger partial charge in [0.25, 0.3) is 0 Å². The topological polar surface area (TPSA) is 75.7 Å². The van der Waals surface area contributed by atoms with Gasteiger partial charge >= 0.3 is 6.09 Å². The number of aldehydes is 1. The molecule has 2 atom stereocenters. The lowest BCUT2D eigenvalue weighted by atomic mass is 9.89. The van der Waals surface area contributed by atoms with E-state index in [9.17, 15) is 14.4 Å². The molecule has 1 heterocycles. The van der Waals surface area contributed by atoms with Crippen LogP contribution in [-0.4, -0.2) is 30.4 Å². The van der Waals surface area contributed by atoms with E-state index in [1.165, 1.54) is 0 Å². The predicted octanol–water partition coefficient (Wildman–Crippen LogP) is 4.49. The Kier molecular flexibility index (Phi) is 6.01. The highest BCUT2D eigenvalue weighted by Crippen LogP contribution is 2.39. The van der Waals surface area contributed by atoms with Gasteiger partial charge in [-0.1, -0.05) is 30.3 Å². The second-order valence-electron chi connectivity index (χ2n) is 7.64. The van der Waals surface area contributed by atoms with Gasteiger partial charge in [0, 0.05) is 24.2 Å². The number of benzene rings is 2. The molecule has 1 aliphatic heterocycles. The normalized spacial score (nSPS) is 18.2. The molecule has 0 aliphatic carbocycles. The maximum absolute atomic E-state index is 12.3. The van der Waals surface area contributed by atoms with E-state index in [0.29, 0.717) is 12.0 Å². The first kappa shape index (κ1) is 20.6. The van der Waals surface area contributed by atoms with Gasteiger partial charge in [-0.05, 0) is 56.0 Å². The first-order chi connectivity index (χ1) is 13.8. The SMILES string of the molecule is CC(=O)N1c2ccc(-c3ccc(C=O)cc3)cc2C(NC(=O)OC(C)C)C[C@H]1C. The van der Waals surface area contributed by atoms with Gasteiger partial charge in [-0.2, -0.15) is 0 Å². The minimum atomic E-state index is -0.472. The molecule has 152 valence electrons. The molecule has 0 saturated heterocycles. The Balaban J connectivity index is 2.01. The van der Waals surface area contributed by atoms with Crippen LogP contribution in [0.1, 0.15) is 56.1 Å². The van der Waals surface area contributed by atoms with Crippen molar-refractivity contribution in [2.45, 2.75) is 52.3 Å². The third-order valence-corrected chi connectivity index (χ3v) is 5.03. The third-order valence-electron chi connectivity index (χ3n) is 5.03. The van der Waals surface area contributed by atoms with Crippen molar-refractivity contribution < 1.29 is 19.1 Å². The van der Waals surface area contributed by atoms with Gasteiger partial charge in [0.15, 0.2) is 0 Å². The van der Waals surface area contributed by atoms with Crippen molar-refractivity contribution in [1.29, 1.82) is 0 Å². The van der Waals surface area contributed by atoms with Crippen LogP contribution in [0.15, 0.2) is 42.5 Å². The molecule has 0 bridgehead atoms. The van der Waals surface area contributed by atoms with Gasteiger partial charge in [-0.15, -0.1) is 0 Å². The summed E-state index contributed by atoms with van der Waals surface area (Å²) in [5.74, 6) is -0.0370.